The number of H-pyrrole nitrogens is 1. The van der Waals surface area contributed by atoms with Gasteiger partial charge in [-0.05, 0) is 18.2 Å². The number of hydrogen-bond donors (Lipinski definition) is 1. The normalized spacial score (nSPS) is 11.2. The molecule has 0 aliphatic heterocycles. The largest absolute Gasteiger partial charge is 0.385 e. The van der Waals surface area contributed by atoms with Crippen LogP contribution in [0.2, 0.25) is 0 Å². The number of methoxy groups -OCH3 is 1. The highest BCUT2D eigenvalue weighted by Crippen LogP contribution is 2.27. The Balaban J connectivity index is 2.12. The maximum atomic E-state index is 12.8. The second kappa shape index (κ2) is 7.02. The highest BCUT2D eigenvalue weighted by molar-refractivity contribution is 7.98. The zero-order chi connectivity index (χ0) is 16.2. The second-order valence-corrected chi connectivity index (χ2v) is 5.97. The maximum absolute atomic E-state index is 12.8. The molecule has 120 valence electrons. The van der Waals surface area contributed by atoms with E-state index in [9.17, 15) is 4.79 Å². The van der Waals surface area contributed by atoms with Crippen molar-refractivity contribution >= 4 is 22.8 Å². The van der Waals surface area contributed by atoms with E-state index in [-0.39, 0.29) is 5.56 Å². The quantitative estimate of drug-likeness (QED) is 0.429. The third kappa shape index (κ3) is 3.04. The van der Waals surface area contributed by atoms with Crippen LogP contribution in [0.15, 0.2) is 46.5 Å². The van der Waals surface area contributed by atoms with Crippen molar-refractivity contribution in [2.24, 2.45) is 0 Å². The summed E-state index contributed by atoms with van der Waals surface area (Å²) >= 11 is 1.49. The topological polar surface area (TPSA) is 59.9 Å². The number of fused-ring (bicyclic) bond motifs is 1. The molecule has 1 aromatic carbocycles. The summed E-state index contributed by atoms with van der Waals surface area (Å²) < 4.78 is 6.80. The molecule has 0 aliphatic rings. The molecule has 0 radical (unpaired) electrons. The number of rotatable bonds is 6. The van der Waals surface area contributed by atoms with Crippen molar-refractivity contribution in [3.8, 4) is 11.1 Å². The molecule has 1 N–H and O–H groups in total. The van der Waals surface area contributed by atoms with Crippen molar-refractivity contribution in [1.82, 2.24) is 14.5 Å². The molecule has 23 heavy (non-hydrogen) atoms. The van der Waals surface area contributed by atoms with Crippen molar-refractivity contribution in [1.29, 1.82) is 0 Å². The van der Waals surface area contributed by atoms with Crippen LogP contribution >= 0.6 is 11.8 Å². The van der Waals surface area contributed by atoms with E-state index in [1.54, 1.807) is 11.7 Å². The molecule has 0 aliphatic carbocycles. The first-order valence-corrected chi connectivity index (χ1v) is 8.69. The average Bonchev–Trinajstić information content (AvgIpc) is 3.01. The number of aromatic amines is 1. The van der Waals surface area contributed by atoms with Crippen LogP contribution in [0.3, 0.4) is 0 Å². The minimum absolute atomic E-state index is 0.0300. The molecular weight excluding hydrogens is 310 g/mol. The average molecular weight is 329 g/mol. The van der Waals surface area contributed by atoms with Crippen LogP contribution in [0, 0.1) is 0 Å². The molecular formula is C17H19N3O2S. The Morgan fingerprint density at radius 3 is 2.78 bits per heavy atom. The molecule has 2 aromatic heterocycles. The van der Waals surface area contributed by atoms with Crippen LogP contribution in [0.5, 0.6) is 0 Å². The van der Waals surface area contributed by atoms with E-state index >= 15 is 0 Å². The number of aromatic nitrogens is 3. The maximum Gasteiger partial charge on any atom is 0.278 e. The Kier molecular flexibility index (Phi) is 4.83. The molecule has 3 rings (SSSR count). The van der Waals surface area contributed by atoms with Gasteiger partial charge in [0.1, 0.15) is 11.0 Å². The molecule has 0 amide bonds. The van der Waals surface area contributed by atoms with Crippen LogP contribution in [0.25, 0.3) is 22.2 Å². The molecule has 0 unspecified atom stereocenters. The Morgan fingerprint density at radius 2 is 2.09 bits per heavy atom. The van der Waals surface area contributed by atoms with E-state index in [0.717, 1.165) is 28.2 Å². The first-order chi connectivity index (χ1) is 11.3. The van der Waals surface area contributed by atoms with Crippen molar-refractivity contribution in [3.05, 3.63) is 46.9 Å². The van der Waals surface area contributed by atoms with Gasteiger partial charge in [-0.25, -0.2) is 4.98 Å². The van der Waals surface area contributed by atoms with Gasteiger partial charge >= 0.3 is 0 Å². The number of thioether (sulfide) groups is 1. The molecule has 2 heterocycles. The fourth-order valence-electron chi connectivity index (χ4n) is 2.63. The summed E-state index contributed by atoms with van der Waals surface area (Å²) in [4.78, 5) is 20.6. The van der Waals surface area contributed by atoms with Gasteiger partial charge in [-0.3, -0.25) is 9.36 Å². The van der Waals surface area contributed by atoms with Gasteiger partial charge in [-0.1, -0.05) is 42.1 Å². The summed E-state index contributed by atoms with van der Waals surface area (Å²) in [6.07, 6.45) is 4.58. The van der Waals surface area contributed by atoms with Gasteiger partial charge < -0.3 is 9.72 Å². The number of hydrogen-bond acceptors (Lipinski definition) is 4. The van der Waals surface area contributed by atoms with Gasteiger partial charge in [0.15, 0.2) is 5.16 Å². The van der Waals surface area contributed by atoms with Gasteiger partial charge in [0.25, 0.3) is 5.56 Å². The molecule has 0 fully saturated rings. The lowest BCUT2D eigenvalue weighted by Crippen LogP contribution is -2.24. The Labute approximate surface area is 138 Å². The molecule has 5 nitrogen and oxygen atoms in total. The highest BCUT2D eigenvalue weighted by atomic mass is 32.2. The molecule has 3 aromatic rings. The molecule has 0 atom stereocenters. The van der Waals surface area contributed by atoms with Crippen LogP contribution < -0.4 is 5.56 Å². The van der Waals surface area contributed by atoms with Gasteiger partial charge in [-0.15, -0.1) is 0 Å². The fourth-order valence-corrected chi connectivity index (χ4v) is 3.21. The summed E-state index contributed by atoms with van der Waals surface area (Å²) in [5.74, 6) is 0. The summed E-state index contributed by atoms with van der Waals surface area (Å²) in [5, 5.41) is 0.732. The Bertz CT molecular complexity index is 855. The lowest BCUT2D eigenvalue weighted by molar-refractivity contribution is 0.189. The second-order valence-electron chi connectivity index (χ2n) is 5.19. The van der Waals surface area contributed by atoms with Gasteiger partial charge in [0, 0.05) is 32.0 Å². The SMILES string of the molecule is COCCCn1c(SC)nc2c(-c3ccccc3)c[nH]c2c1=O. The molecule has 0 bridgehead atoms. The predicted molar refractivity (Wildman–Crippen MR) is 94.1 cm³/mol. The number of ether oxygens (including phenoxy) is 1. The van der Waals surface area contributed by atoms with Gasteiger partial charge in [-0.2, -0.15) is 0 Å². The molecule has 6 heteroatoms. The van der Waals surface area contributed by atoms with Crippen LogP contribution in [-0.4, -0.2) is 34.5 Å². The molecule has 0 saturated carbocycles. The van der Waals surface area contributed by atoms with E-state index in [4.69, 9.17) is 9.72 Å². The summed E-state index contributed by atoms with van der Waals surface area (Å²) in [5.41, 5.74) is 3.26. The first-order valence-electron chi connectivity index (χ1n) is 7.46. The van der Waals surface area contributed by atoms with E-state index < -0.39 is 0 Å². The smallest absolute Gasteiger partial charge is 0.278 e. The van der Waals surface area contributed by atoms with Crippen LogP contribution in [0.1, 0.15) is 6.42 Å². The first kappa shape index (κ1) is 15.8. The lowest BCUT2D eigenvalue weighted by atomic mass is 10.1. The van der Waals surface area contributed by atoms with E-state index in [2.05, 4.69) is 4.98 Å². The third-order valence-corrected chi connectivity index (χ3v) is 4.42. The number of benzene rings is 1. The molecule has 0 spiro atoms. The van der Waals surface area contributed by atoms with Crippen molar-refractivity contribution in [2.75, 3.05) is 20.0 Å². The number of nitrogens with zero attached hydrogens (tertiary/aromatic N) is 2. The zero-order valence-corrected chi connectivity index (χ0v) is 14.0. The predicted octanol–water partition coefficient (Wildman–Crippen LogP) is 3.15. The van der Waals surface area contributed by atoms with E-state index in [1.807, 2.05) is 42.8 Å². The van der Waals surface area contributed by atoms with Gasteiger partial charge in [0.05, 0.1) is 0 Å². The molecule has 0 saturated heterocycles. The number of nitrogens with one attached hydrogen (secondary N) is 1. The Morgan fingerprint density at radius 1 is 1.30 bits per heavy atom. The lowest BCUT2D eigenvalue weighted by Gasteiger charge is -2.10. The minimum Gasteiger partial charge on any atom is -0.385 e. The summed E-state index contributed by atoms with van der Waals surface area (Å²) in [6.45, 7) is 1.23. The highest BCUT2D eigenvalue weighted by Gasteiger charge is 2.15. The zero-order valence-electron chi connectivity index (χ0n) is 13.2. The standard InChI is InChI=1S/C17H19N3O2S/c1-22-10-6-9-20-16(21)15-14(19-17(20)23-2)13(11-18-15)12-7-4-3-5-8-12/h3-5,7-8,11,18H,6,9-10H2,1-2H3. The summed E-state index contributed by atoms with van der Waals surface area (Å²) in [7, 11) is 1.66. The van der Waals surface area contributed by atoms with E-state index in [0.29, 0.717) is 18.7 Å². The third-order valence-electron chi connectivity index (χ3n) is 3.75. The minimum atomic E-state index is -0.0300. The van der Waals surface area contributed by atoms with Crippen molar-refractivity contribution in [2.45, 2.75) is 18.1 Å². The van der Waals surface area contributed by atoms with Crippen molar-refractivity contribution < 1.29 is 4.74 Å². The van der Waals surface area contributed by atoms with Crippen molar-refractivity contribution in [3.63, 3.8) is 0 Å². The van der Waals surface area contributed by atoms with E-state index in [1.165, 1.54) is 11.8 Å². The van der Waals surface area contributed by atoms with Gasteiger partial charge in [0.2, 0.25) is 0 Å². The Hall–Kier alpha value is -2.05. The summed E-state index contributed by atoms with van der Waals surface area (Å²) in [6, 6.07) is 9.98. The van der Waals surface area contributed by atoms with Crippen LogP contribution in [-0.2, 0) is 11.3 Å². The fraction of sp³-hybridized carbons (Fsp3) is 0.294. The monoisotopic (exact) mass is 329 g/mol. The van der Waals surface area contributed by atoms with Crippen LogP contribution in [0.4, 0.5) is 0 Å².